The molecule has 0 bridgehead atoms. The van der Waals surface area contributed by atoms with Gasteiger partial charge in [-0.15, -0.1) is 0 Å². The third kappa shape index (κ3) is 3.89. The van der Waals surface area contributed by atoms with Crippen molar-refractivity contribution in [2.24, 2.45) is 5.73 Å². The van der Waals surface area contributed by atoms with Crippen LogP contribution in [0.1, 0.15) is 11.1 Å². The zero-order valence-electron chi connectivity index (χ0n) is 11.3. The van der Waals surface area contributed by atoms with E-state index >= 15 is 0 Å². The molecule has 0 aliphatic carbocycles. The van der Waals surface area contributed by atoms with Crippen LogP contribution in [0, 0.1) is 0 Å². The first-order valence-electron chi connectivity index (χ1n) is 6.41. The zero-order valence-corrected chi connectivity index (χ0v) is 12.8. The summed E-state index contributed by atoms with van der Waals surface area (Å²) in [4.78, 5) is 0. The minimum Gasteiger partial charge on any atom is -0.496 e. The van der Waals surface area contributed by atoms with E-state index in [1.807, 2.05) is 30.3 Å². The number of hydrogen-bond acceptors (Lipinski definition) is 2. The Bertz CT molecular complexity index is 586. The molecule has 2 aromatic rings. The van der Waals surface area contributed by atoms with Crippen molar-refractivity contribution >= 4 is 23.2 Å². The third-order valence-corrected chi connectivity index (χ3v) is 3.77. The van der Waals surface area contributed by atoms with Crippen molar-refractivity contribution < 1.29 is 4.74 Å². The number of methoxy groups -OCH3 is 1. The molecule has 0 fully saturated rings. The molecule has 20 heavy (non-hydrogen) atoms. The van der Waals surface area contributed by atoms with Crippen LogP contribution in [0.5, 0.6) is 5.75 Å². The van der Waals surface area contributed by atoms with Crippen molar-refractivity contribution in [3.63, 3.8) is 0 Å². The van der Waals surface area contributed by atoms with E-state index in [0.29, 0.717) is 16.5 Å². The van der Waals surface area contributed by atoms with Crippen LogP contribution in [0.2, 0.25) is 10.0 Å². The molecule has 0 aliphatic heterocycles. The van der Waals surface area contributed by atoms with Crippen LogP contribution < -0.4 is 10.5 Å². The fourth-order valence-electron chi connectivity index (χ4n) is 2.21. The molecule has 0 spiro atoms. The highest BCUT2D eigenvalue weighted by atomic mass is 35.5. The fraction of sp³-hybridized carbons (Fsp3) is 0.250. The van der Waals surface area contributed by atoms with Gasteiger partial charge >= 0.3 is 0 Å². The summed E-state index contributed by atoms with van der Waals surface area (Å²) < 4.78 is 5.34. The Balaban J connectivity index is 2.09. The lowest BCUT2D eigenvalue weighted by molar-refractivity contribution is 0.408. The van der Waals surface area contributed by atoms with E-state index in [2.05, 4.69) is 0 Å². The Morgan fingerprint density at radius 3 is 2.50 bits per heavy atom. The van der Waals surface area contributed by atoms with Crippen LogP contribution in [-0.2, 0) is 12.8 Å². The lowest BCUT2D eigenvalue weighted by Crippen LogP contribution is -2.25. The molecule has 0 amide bonds. The van der Waals surface area contributed by atoms with Crippen LogP contribution in [0.4, 0.5) is 0 Å². The number of benzene rings is 2. The monoisotopic (exact) mass is 309 g/mol. The average molecular weight is 310 g/mol. The van der Waals surface area contributed by atoms with Crippen LogP contribution in [0.3, 0.4) is 0 Å². The van der Waals surface area contributed by atoms with E-state index in [1.165, 1.54) is 0 Å². The van der Waals surface area contributed by atoms with Crippen molar-refractivity contribution in [2.75, 3.05) is 7.11 Å². The van der Waals surface area contributed by atoms with E-state index in [-0.39, 0.29) is 6.04 Å². The normalized spacial score (nSPS) is 12.2. The van der Waals surface area contributed by atoms with E-state index in [4.69, 9.17) is 33.7 Å². The van der Waals surface area contributed by atoms with Crippen LogP contribution in [0.25, 0.3) is 0 Å². The van der Waals surface area contributed by atoms with Gasteiger partial charge in [0.15, 0.2) is 0 Å². The van der Waals surface area contributed by atoms with E-state index in [0.717, 1.165) is 23.3 Å². The van der Waals surface area contributed by atoms with E-state index < -0.39 is 0 Å². The summed E-state index contributed by atoms with van der Waals surface area (Å²) >= 11 is 12.2. The Kier molecular flexibility index (Phi) is 5.30. The number of halogens is 2. The van der Waals surface area contributed by atoms with Gasteiger partial charge in [-0.1, -0.05) is 41.4 Å². The Morgan fingerprint density at radius 1 is 1.05 bits per heavy atom. The quantitative estimate of drug-likeness (QED) is 0.902. The summed E-state index contributed by atoms with van der Waals surface area (Å²) in [6.45, 7) is 0. The maximum absolute atomic E-state index is 6.22. The molecule has 2 aromatic carbocycles. The molecule has 0 saturated heterocycles. The van der Waals surface area contributed by atoms with Gasteiger partial charge in [-0.2, -0.15) is 0 Å². The molecule has 2 N–H and O–H groups in total. The Hall–Kier alpha value is -1.22. The smallest absolute Gasteiger partial charge is 0.122 e. The minimum atomic E-state index is -0.0396. The van der Waals surface area contributed by atoms with Gasteiger partial charge in [0, 0.05) is 16.1 Å². The standard InChI is InChI=1S/C16H17Cl2NO/c1-20-16-5-3-2-4-11(16)9-14(19)10-12-8-13(17)6-7-15(12)18/h2-8,14H,9-10,19H2,1H3. The summed E-state index contributed by atoms with van der Waals surface area (Å²) in [5.41, 5.74) is 8.29. The van der Waals surface area contributed by atoms with Gasteiger partial charge in [-0.05, 0) is 48.2 Å². The van der Waals surface area contributed by atoms with Crippen molar-refractivity contribution in [1.82, 2.24) is 0 Å². The molecule has 2 rings (SSSR count). The van der Waals surface area contributed by atoms with Gasteiger partial charge in [0.05, 0.1) is 7.11 Å². The lowest BCUT2D eigenvalue weighted by Gasteiger charge is -2.15. The lowest BCUT2D eigenvalue weighted by atomic mass is 9.99. The second kappa shape index (κ2) is 6.98. The summed E-state index contributed by atoms with van der Waals surface area (Å²) in [6, 6.07) is 13.3. The van der Waals surface area contributed by atoms with E-state index in [9.17, 15) is 0 Å². The zero-order chi connectivity index (χ0) is 14.5. The summed E-state index contributed by atoms with van der Waals surface area (Å²) in [6.07, 6.45) is 1.41. The SMILES string of the molecule is COc1ccccc1CC(N)Cc1cc(Cl)ccc1Cl. The number of para-hydroxylation sites is 1. The Morgan fingerprint density at radius 2 is 1.75 bits per heavy atom. The van der Waals surface area contributed by atoms with Gasteiger partial charge in [0.25, 0.3) is 0 Å². The number of hydrogen-bond donors (Lipinski definition) is 1. The molecule has 0 saturated carbocycles. The maximum atomic E-state index is 6.22. The van der Waals surface area contributed by atoms with Gasteiger partial charge in [0.2, 0.25) is 0 Å². The first kappa shape index (κ1) is 15.2. The topological polar surface area (TPSA) is 35.2 Å². The largest absolute Gasteiger partial charge is 0.496 e. The van der Waals surface area contributed by atoms with Crippen molar-refractivity contribution in [2.45, 2.75) is 18.9 Å². The highest BCUT2D eigenvalue weighted by Gasteiger charge is 2.11. The predicted molar refractivity (Wildman–Crippen MR) is 84.8 cm³/mol. The molecular weight excluding hydrogens is 293 g/mol. The molecule has 0 aliphatic rings. The maximum Gasteiger partial charge on any atom is 0.122 e. The van der Waals surface area contributed by atoms with Gasteiger partial charge in [0.1, 0.15) is 5.75 Å². The van der Waals surface area contributed by atoms with Crippen molar-refractivity contribution in [1.29, 1.82) is 0 Å². The second-order valence-electron chi connectivity index (χ2n) is 4.72. The summed E-state index contributed by atoms with van der Waals surface area (Å²) in [7, 11) is 1.66. The van der Waals surface area contributed by atoms with Gasteiger partial charge < -0.3 is 10.5 Å². The predicted octanol–water partition coefficient (Wildman–Crippen LogP) is 4.11. The molecule has 1 atom stereocenters. The number of ether oxygens (including phenoxy) is 1. The fourth-order valence-corrected chi connectivity index (χ4v) is 2.60. The number of rotatable bonds is 5. The summed E-state index contributed by atoms with van der Waals surface area (Å²) in [5.74, 6) is 0.861. The highest BCUT2D eigenvalue weighted by Crippen LogP contribution is 2.24. The molecule has 106 valence electrons. The molecule has 2 nitrogen and oxygen atoms in total. The highest BCUT2D eigenvalue weighted by molar-refractivity contribution is 6.33. The van der Waals surface area contributed by atoms with Crippen LogP contribution in [0.15, 0.2) is 42.5 Å². The molecule has 0 aromatic heterocycles. The first-order valence-corrected chi connectivity index (χ1v) is 7.17. The Labute approximate surface area is 129 Å². The van der Waals surface area contributed by atoms with Crippen molar-refractivity contribution in [3.05, 3.63) is 63.6 Å². The van der Waals surface area contributed by atoms with Gasteiger partial charge in [-0.25, -0.2) is 0 Å². The van der Waals surface area contributed by atoms with Gasteiger partial charge in [-0.3, -0.25) is 0 Å². The second-order valence-corrected chi connectivity index (χ2v) is 5.56. The van der Waals surface area contributed by atoms with Crippen molar-refractivity contribution in [3.8, 4) is 5.75 Å². The molecular formula is C16H17Cl2NO. The third-order valence-electron chi connectivity index (χ3n) is 3.16. The number of nitrogens with two attached hydrogens (primary N) is 1. The first-order chi connectivity index (χ1) is 9.60. The van der Waals surface area contributed by atoms with Crippen LogP contribution in [-0.4, -0.2) is 13.2 Å². The van der Waals surface area contributed by atoms with Crippen LogP contribution >= 0.6 is 23.2 Å². The molecule has 1 unspecified atom stereocenters. The molecule has 0 radical (unpaired) electrons. The van der Waals surface area contributed by atoms with E-state index in [1.54, 1.807) is 19.2 Å². The minimum absolute atomic E-state index is 0.0396. The average Bonchev–Trinajstić information content (AvgIpc) is 2.43. The summed E-state index contributed by atoms with van der Waals surface area (Å²) in [5, 5.41) is 1.37. The molecule has 0 heterocycles. The molecule has 4 heteroatoms.